The number of rotatable bonds is 3. The summed E-state index contributed by atoms with van der Waals surface area (Å²) in [6.07, 6.45) is 1.54. The number of benzene rings is 1. The Morgan fingerprint density at radius 2 is 1.96 bits per heavy atom. The maximum atomic E-state index is 15.4. The maximum Gasteiger partial charge on any atom is 0.265 e. The number of nitrogens with zero attached hydrogens (tertiary/aromatic N) is 2. The number of aromatic nitrogens is 2. The molecule has 2 heterocycles. The lowest BCUT2D eigenvalue weighted by Crippen LogP contribution is -2.25. The lowest BCUT2D eigenvalue weighted by molar-refractivity contribution is 0.397. The summed E-state index contributed by atoms with van der Waals surface area (Å²) in [5.74, 6) is -0.536. The Kier molecular flexibility index (Phi) is 4.20. The van der Waals surface area contributed by atoms with Crippen molar-refractivity contribution in [1.29, 1.82) is 0 Å². The van der Waals surface area contributed by atoms with Crippen molar-refractivity contribution in [1.82, 2.24) is 9.55 Å². The second-order valence-corrected chi connectivity index (χ2v) is 6.24. The van der Waals surface area contributed by atoms with Crippen LogP contribution in [0.4, 0.5) is 4.39 Å². The second kappa shape index (κ2) is 6.20. The van der Waals surface area contributed by atoms with Gasteiger partial charge in [0.05, 0.1) is 12.8 Å². The van der Waals surface area contributed by atoms with Crippen LogP contribution in [0.25, 0.3) is 16.5 Å². The Hall–Kier alpha value is -2.89. The molecule has 0 aliphatic rings. The van der Waals surface area contributed by atoms with E-state index < -0.39 is 11.5 Å². The van der Waals surface area contributed by atoms with E-state index in [1.807, 2.05) is 13.8 Å². The molecule has 1 aromatic carbocycles. The van der Waals surface area contributed by atoms with Crippen LogP contribution in [0.1, 0.15) is 30.9 Å². The molecule has 0 spiro atoms. The highest BCUT2D eigenvalue weighted by Gasteiger charge is 2.21. The number of hydrogen-bond donors (Lipinski definition) is 1. The Morgan fingerprint density at radius 1 is 1.24 bits per heavy atom. The lowest BCUT2D eigenvalue weighted by atomic mass is 9.97. The highest BCUT2D eigenvalue weighted by Crippen LogP contribution is 2.30. The fourth-order valence-electron chi connectivity index (χ4n) is 2.99. The monoisotopic (exact) mass is 342 g/mol. The molecule has 6 heteroatoms. The van der Waals surface area contributed by atoms with Crippen LogP contribution in [0, 0.1) is 12.9 Å². The second-order valence-electron chi connectivity index (χ2n) is 6.24. The summed E-state index contributed by atoms with van der Waals surface area (Å²) in [6, 6.07) is 5.91. The molecule has 0 amide bonds. The summed E-state index contributed by atoms with van der Waals surface area (Å²) in [7, 11) is 1.46. The van der Waals surface area contributed by atoms with E-state index in [1.54, 1.807) is 6.92 Å². The number of methoxy groups -OCH3 is 1. The standard InChI is InChI=1S/C19H19FN2O3/c1-10(2)17-14-7-12(23)5-6-13(14)19(24)22(18(17)20)15-8-16(25-4)21-9-11(15)3/h5-10,23H,1-4H3. The Bertz CT molecular complexity index is 1030. The Morgan fingerprint density at radius 3 is 2.60 bits per heavy atom. The van der Waals surface area contributed by atoms with Gasteiger partial charge in [0.1, 0.15) is 5.75 Å². The van der Waals surface area contributed by atoms with Crippen molar-refractivity contribution in [2.45, 2.75) is 26.7 Å². The maximum absolute atomic E-state index is 15.4. The minimum absolute atomic E-state index is 0.00675. The van der Waals surface area contributed by atoms with E-state index in [0.29, 0.717) is 33.5 Å². The largest absolute Gasteiger partial charge is 0.508 e. The van der Waals surface area contributed by atoms with Crippen molar-refractivity contribution in [3.8, 4) is 17.3 Å². The van der Waals surface area contributed by atoms with Crippen molar-refractivity contribution in [2.24, 2.45) is 0 Å². The van der Waals surface area contributed by atoms with Crippen molar-refractivity contribution >= 4 is 10.8 Å². The summed E-state index contributed by atoms with van der Waals surface area (Å²) in [5.41, 5.74) is 0.912. The van der Waals surface area contributed by atoms with Crippen LogP contribution in [0.3, 0.4) is 0 Å². The molecule has 0 aliphatic heterocycles. The van der Waals surface area contributed by atoms with Gasteiger partial charge in [-0.2, -0.15) is 4.39 Å². The quantitative estimate of drug-likeness (QED) is 0.738. The van der Waals surface area contributed by atoms with E-state index in [0.717, 1.165) is 4.57 Å². The van der Waals surface area contributed by atoms with E-state index >= 15 is 4.39 Å². The van der Waals surface area contributed by atoms with Gasteiger partial charge in [-0.15, -0.1) is 0 Å². The SMILES string of the molecule is COc1cc(-n2c(F)c(C(C)C)c3cc(O)ccc3c2=O)c(C)cn1. The van der Waals surface area contributed by atoms with Gasteiger partial charge in [0.15, 0.2) is 0 Å². The van der Waals surface area contributed by atoms with Crippen LogP contribution in [0.2, 0.25) is 0 Å². The normalized spacial score (nSPS) is 11.3. The van der Waals surface area contributed by atoms with E-state index in [-0.39, 0.29) is 11.7 Å². The van der Waals surface area contributed by atoms with Crippen molar-refractivity contribution < 1.29 is 14.2 Å². The zero-order valence-corrected chi connectivity index (χ0v) is 14.5. The molecule has 0 aliphatic carbocycles. The molecule has 0 saturated heterocycles. The molecule has 0 bridgehead atoms. The lowest BCUT2D eigenvalue weighted by Gasteiger charge is -2.18. The number of phenolic OH excluding ortho intramolecular Hbond substituents is 1. The van der Waals surface area contributed by atoms with Crippen LogP contribution in [-0.4, -0.2) is 21.8 Å². The molecular weight excluding hydrogens is 323 g/mol. The molecule has 1 N–H and O–H groups in total. The molecule has 0 fully saturated rings. The average molecular weight is 342 g/mol. The number of aryl methyl sites for hydroxylation is 1. The first-order valence-electron chi connectivity index (χ1n) is 7.93. The van der Waals surface area contributed by atoms with Gasteiger partial charge in [-0.1, -0.05) is 13.8 Å². The van der Waals surface area contributed by atoms with Gasteiger partial charge < -0.3 is 9.84 Å². The van der Waals surface area contributed by atoms with Gasteiger partial charge in [-0.25, -0.2) is 4.98 Å². The first-order valence-corrected chi connectivity index (χ1v) is 7.93. The van der Waals surface area contributed by atoms with Gasteiger partial charge >= 0.3 is 0 Å². The first-order chi connectivity index (χ1) is 11.8. The van der Waals surface area contributed by atoms with E-state index in [1.165, 1.54) is 37.6 Å². The third-order valence-corrected chi connectivity index (χ3v) is 4.22. The van der Waals surface area contributed by atoms with Gasteiger partial charge in [0.25, 0.3) is 5.56 Å². The highest BCUT2D eigenvalue weighted by atomic mass is 19.1. The predicted octanol–water partition coefficient (Wildman–Crippen LogP) is 3.67. The smallest absolute Gasteiger partial charge is 0.265 e. The molecule has 0 unspecified atom stereocenters. The Balaban J connectivity index is 2.49. The minimum atomic E-state index is -0.644. The van der Waals surface area contributed by atoms with Crippen LogP contribution in [0.5, 0.6) is 11.6 Å². The van der Waals surface area contributed by atoms with Crippen LogP contribution in [0.15, 0.2) is 35.3 Å². The molecule has 3 rings (SSSR count). The zero-order chi connectivity index (χ0) is 18.3. The summed E-state index contributed by atoms with van der Waals surface area (Å²) in [5, 5.41) is 10.5. The van der Waals surface area contributed by atoms with Crippen LogP contribution < -0.4 is 10.3 Å². The van der Waals surface area contributed by atoms with Crippen LogP contribution in [-0.2, 0) is 0 Å². The number of fused-ring (bicyclic) bond motifs is 1. The fourth-order valence-corrected chi connectivity index (χ4v) is 2.99. The van der Waals surface area contributed by atoms with E-state index in [2.05, 4.69) is 4.98 Å². The molecule has 2 aromatic heterocycles. The third-order valence-electron chi connectivity index (χ3n) is 4.22. The zero-order valence-electron chi connectivity index (χ0n) is 14.5. The third kappa shape index (κ3) is 2.73. The number of halogens is 1. The van der Waals surface area contributed by atoms with Gasteiger partial charge in [-0.3, -0.25) is 9.36 Å². The molecule has 0 radical (unpaired) electrons. The summed E-state index contributed by atoms with van der Waals surface area (Å²) >= 11 is 0. The Labute approximate surface area is 144 Å². The first kappa shape index (κ1) is 17.0. The summed E-state index contributed by atoms with van der Waals surface area (Å²) in [6.45, 7) is 5.44. The average Bonchev–Trinajstić information content (AvgIpc) is 2.56. The number of phenols is 1. The van der Waals surface area contributed by atoms with Crippen molar-refractivity contribution in [3.63, 3.8) is 0 Å². The molecule has 0 saturated carbocycles. The molecule has 5 nitrogen and oxygen atoms in total. The van der Waals surface area contributed by atoms with E-state index in [4.69, 9.17) is 4.74 Å². The number of pyridine rings is 2. The van der Waals surface area contributed by atoms with E-state index in [9.17, 15) is 9.90 Å². The molecule has 25 heavy (non-hydrogen) atoms. The minimum Gasteiger partial charge on any atom is -0.508 e. The van der Waals surface area contributed by atoms with Crippen LogP contribution >= 0.6 is 0 Å². The van der Waals surface area contributed by atoms with Gasteiger partial charge in [0.2, 0.25) is 11.8 Å². The highest BCUT2D eigenvalue weighted by molar-refractivity contribution is 5.87. The number of hydrogen-bond acceptors (Lipinski definition) is 4. The van der Waals surface area contributed by atoms with Crippen molar-refractivity contribution in [3.05, 3.63) is 57.9 Å². The number of aromatic hydroxyl groups is 1. The molecule has 3 aromatic rings. The topological polar surface area (TPSA) is 64.3 Å². The predicted molar refractivity (Wildman–Crippen MR) is 94.3 cm³/mol. The summed E-state index contributed by atoms with van der Waals surface area (Å²) < 4.78 is 21.5. The number of ether oxygens (including phenoxy) is 1. The molecule has 0 atom stereocenters. The summed E-state index contributed by atoms with van der Waals surface area (Å²) in [4.78, 5) is 17.0. The fraction of sp³-hybridized carbons (Fsp3) is 0.263. The molecular formula is C19H19FN2O3. The van der Waals surface area contributed by atoms with Crippen molar-refractivity contribution in [2.75, 3.05) is 7.11 Å². The molecule has 130 valence electrons. The van der Waals surface area contributed by atoms with Gasteiger partial charge in [0, 0.05) is 23.2 Å². The van der Waals surface area contributed by atoms with Gasteiger partial charge in [-0.05, 0) is 42.0 Å².